The Labute approximate surface area is 142 Å². The van der Waals surface area contributed by atoms with Gasteiger partial charge in [-0.1, -0.05) is 24.3 Å². The molecular weight excluding hydrogens is 298 g/mol. The van der Waals surface area contributed by atoms with Gasteiger partial charge in [-0.15, -0.1) is 0 Å². The van der Waals surface area contributed by atoms with Crippen LogP contribution in [0.2, 0.25) is 0 Å². The Kier molecular flexibility index (Phi) is 5.29. The summed E-state index contributed by atoms with van der Waals surface area (Å²) < 4.78 is 0. The van der Waals surface area contributed by atoms with Crippen molar-refractivity contribution in [2.75, 3.05) is 12.0 Å². The van der Waals surface area contributed by atoms with Gasteiger partial charge < -0.3 is 10.4 Å². The summed E-state index contributed by atoms with van der Waals surface area (Å²) in [6.07, 6.45) is 3.86. The van der Waals surface area contributed by atoms with E-state index < -0.39 is 0 Å². The van der Waals surface area contributed by atoms with E-state index in [9.17, 15) is 5.11 Å². The minimum absolute atomic E-state index is 0.319. The average Bonchev–Trinajstić information content (AvgIpc) is 2.61. The molecule has 1 atom stereocenters. The number of phenolic OH excluding ortho intramolecular Hbond substituents is 1. The van der Waals surface area contributed by atoms with E-state index in [0.717, 1.165) is 36.1 Å². The van der Waals surface area contributed by atoms with Gasteiger partial charge in [-0.05, 0) is 55.7 Å². The van der Waals surface area contributed by atoms with Gasteiger partial charge in [0.1, 0.15) is 5.75 Å². The normalized spacial score (nSPS) is 12.2. The largest absolute Gasteiger partial charge is 0.508 e. The molecule has 0 aliphatic carbocycles. The number of hydrogen-bond acceptors (Lipinski definition) is 4. The molecule has 24 heavy (non-hydrogen) atoms. The molecule has 0 radical (unpaired) electrons. The quantitative estimate of drug-likeness (QED) is 0.577. The molecule has 0 aliphatic heterocycles. The van der Waals surface area contributed by atoms with Crippen molar-refractivity contribution < 1.29 is 5.11 Å². The van der Waals surface area contributed by atoms with Gasteiger partial charge in [-0.3, -0.25) is 10.3 Å². The van der Waals surface area contributed by atoms with Crippen molar-refractivity contribution in [2.45, 2.75) is 25.8 Å². The van der Waals surface area contributed by atoms with Gasteiger partial charge in [0.05, 0.1) is 12.2 Å². The molecule has 124 valence electrons. The molecule has 0 spiro atoms. The summed E-state index contributed by atoms with van der Waals surface area (Å²) in [6.45, 7) is 2.90. The van der Waals surface area contributed by atoms with Crippen LogP contribution < -0.4 is 10.6 Å². The first-order valence-corrected chi connectivity index (χ1v) is 8.31. The van der Waals surface area contributed by atoms with Gasteiger partial charge in [-0.25, -0.2) is 0 Å². The first-order chi connectivity index (χ1) is 11.7. The van der Waals surface area contributed by atoms with E-state index in [1.807, 2.05) is 24.4 Å². The molecule has 0 aliphatic rings. The Balaban J connectivity index is 1.44. The Bertz CT molecular complexity index is 786. The molecule has 3 N–H and O–H groups in total. The fourth-order valence-corrected chi connectivity index (χ4v) is 2.65. The molecule has 1 aromatic heterocycles. The van der Waals surface area contributed by atoms with Crippen LogP contribution in [-0.2, 0) is 6.42 Å². The lowest BCUT2D eigenvalue weighted by Crippen LogP contribution is -2.31. The summed E-state index contributed by atoms with van der Waals surface area (Å²) >= 11 is 0. The van der Waals surface area contributed by atoms with Crippen LogP contribution in [0, 0.1) is 0 Å². The molecule has 4 heteroatoms. The molecule has 0 bridgehead atoms. The van der Waals surface area contributed by atoms with Crippen LogP contribution in [0.1, 0.15) is 18.9 Å². The van der Waals surface area contributed by atoms with Crippen molar-refractivity contribution in [1.29, 1.82) is 0 Å². The first kappa shape index (κ1) is 16.3. The topological polar surface area (TPSA) is 57.2 Å². The third-order valence-electron chi connectivity index (χ3n) is 4.15. The van der Waals surface area contributed by atoms with Gasteiger partial charge >= 0.3 is 0 Å². The maximum atomic E-state index is 9.30. The van der Waals surface area contributed by atoms with Crippen LogP contribution in [0.4, 0.5) is 5.69 Å². The third-order valence-corrected chi connectivity index (χ3v) is 4.15. The number of fused-ring (bicyclic) bond motifs is 1. The minimum Gasteiger partial charge on any atom is -0.508 e. The number of aromatic nitrogens is 1. The lowest BCUT2D eigenvalue weighted by atomic mass is 10.1. The molecule has 0 amide bonds. The second kappa shape index (κ2) is 7.79. The van der Waals surface area contributed by atoms with Crippen molar-refractivity contribution >= 4 is 16.6 Å². The predicted octanol–water partition coefficient (Wildman–Crippen LogP) is 3.92. The highest BCUT2D eigenvalue weighted by atomic mass is 16.3. The molecule has 0 saturated heterocycles. The van der Waals surface area contributed by atoms with Gasteiger partial charge in [0.15, 0.2) is 0 Å². The van der Waals surface area contributed by atoms with Crippen molar-refractivity contribution in [1.82, 2.24) is 10.3 Å². The monoisotopic (exact) mass is 321 g/mol. The highest BCUT2D eigenvalue weighted by molar-refractivity contribution is 5.81. The second-order valence-electron chi connectivity index (χ2n) is 6.07. The summed E-state index contributed by atoms with van der Waals surface area (Å²) in [7, 11) is 0. The minimum atomic E-state index is 0.319. The molecule has 0 saturated carbocycles. The van der Waals surface area contributed by atoms with E-state index in [-0.39, 0.29) is 0 Å². The number of aromatic hydroxyl groups is 1. The number of benzene rings is 2. The van der Waals surface area contributed by atoms with Crippen LogP contribution in [0.25, 0.3) is 10.9 Å². The Hall–Kier alpha value is -2.59. The molecule has 2 aromatic carbocycles. The predicted molar refractivity (Wildman–Crippen MR) is 99.3 cm³/mol. The zero-order chi connectivity index (χ0) is 16.8. The van der Waals surface area contributed by atoms with Crippen molar-refractivity contribution in [3.05, 3.63) is 66.4 Å². The number of anilines is 1. The van der Waals surface area contributed by atoms with E-state index >= 15 is 0 Å². The number of aryl methyl sites for hydroxylation is 1. The second-order valence-corrected chi connectivity index (χ2v) is 6.07. The average molecular weight is 321 g/mol. The SMILES string of the molecule is CC(CCc1ccc(O)cc1)NCNc1ccc2cccnc2c1. The van der Waals surface area contributed by atoms with Crippen molar-refractivity contribution in [3.63, 3.8) is 0 Å². The number of rotatable bonds is 7. The highest BCUT2D eigenvalue weighted by Gasteiger charge is 2.03. The fraction of sp³-hybridized carbons (Fsp3) is 0.250. The van der Waals surface area contributed by atoms with Gasteiger partial charge in [-0.2, -0.15) is 0 Å². The highest BCUT2D eigenvalue weighted by Crippen LogP contribution is 2.16. The van der Waals surface area contributed by atoms with Crippen LogP contribution >= 0.6 is 0 Å². The lowest BCUT2D eigenvalue weighted by molar-refractivity contribution is 0.475. The number of nitrogens with zero attached hydrogens (tertiary/aromatic N) is 1. The van der Waals surface area contributed by atoms with E-state index in [1.54, 1.807) is 12.1 Å². The van der Waals surface area contributed by atoms with Gasteiger partial charge in [0, 0.05) is 23.3 Å². The van der Waals surface area contributed by atoms with E-state index in [1.165, 1.54) is 5.56 Å². The maximum Gasteiger partial charge on any atom is 0.115 e. The van der Waals surface area contributed by atoms with Crippen LogP contribution in [0.5, 0.6) is 5.75 Å². The van der Waals surface area contributed by atoms with Gasteiger partial charge in [0.2, 0.25) is 0 Å². The molecule has 3 rings (SSSR count). The van der Waals surface area contributed by atoms with Crippen LogP contribution in [-0.4, -0.2) is 22.8 Å². The molecule has 3 aromatic rings. The molecule has 1 unspecified atom stereocenters. The van der Waals surface area contributed by atoms with Crippen LogP contribution in [0.3, 0.4) is 0 Å². The number of hydrogen-bond donors (Lipinski definition) is 3. The molecule has 4 nitrogen and oxygen atoms in total. The summed E-state index contributed by atoms with van der Waals surface area (Å²) in [4.78, 5) is 4.38. The number of pyridine rings is 1. The Morgan fingerprint density at radius 3 is 2.75 bits per heavy atom. The zero-order valence-electron chi connectivity index (χ0n) is 13.9. The summed E-state index contributed by atoms with van der Waals surface area (Å²) in [5.41, 5.74) is 3.32. The Morgan fingerprint density at radius 2 is 1.92 bits per heavy atom. The van der Waals surface area contributed by atoms with E-state index in [4.69, 9.17) is 0 Å². The smallest absolute Gasteiger partial charge is 0.115 e. The van der Waals surface area contributed by atoms with Crippen molar-refractivity contribution in [2.24, 2.45) is 0 Å². The van der Waals surface area contributed by atoms with Gasteiger partial charge in [0.25, 0.3) is 0 Å². The zero-order valence-corrected chi connectivity index (χ0v) is 13.9. The van der Waals surface area contributed by atoms with E-state index in [0.29, 0.717) is 11.8 Å². The summed E-state index contributed by atoms with van der Waals surface area (Å²) in [6, 6.07) is 18.1. The fourth-order valence-electron chi connectivity index (χ4n) is 2.65. The van der Waals surface area contributed by atoms with Crippen molar-refractivity contribution in [3.8, 4) is 5.75 Å². The lowest BCUT2D eigenvalue weighted by Gasteiger charge is -2.15. The van der Waals surface area contributed by atoms with Crippen LogP contribution in [0.15, 0.2) is 60.8 Å². The standard InChI is InChI=1S/C20H23N3O/c1-15(4-5-16-6-10-19(24)11-7-16)22-14-23-18-9-8-17-3-2-12-21-20(17)13-18/h2-3,6-13,15,22-24H,4-5,14H2,1H3. The third kappa shape index (κ3) is 4.46. The van der Waals surface area contributed by atoms with E-state index in [2.05, 4.69) is 46.8 Å². The molecule has 0 fully saturated rings. The maximum absolute atomic E-state index is 9.30. The number of nitrogens with one attached hydrogen (secondary N) is 2. The summed E-state index contributed by atoms with van der Waals surface area (Å²) in [5.74, 6) is 0.319. The first-order valence-electron chi connectivity index (χ1n) is 8.31. The molecular formula is C20H23N3O. The Morgan fingerprint density at radius 1 is 1.08 bits per heavy atom. The summed E-state index contributed by atoms with van der Waals surface area (Å²) in [5, 5.41) is 17.3. The molecule has 1 heterocycles. The number of phenols is 1.